The number of aliphatic hydroxyl groups excluding tert-OH is 1. The molecule has 0 spiro atoms. The summed E-state index contributed by atoms with van der Waals surface area (Å²) in [6.45, 7) is -0.100. The fourth-order valence-electron chi connectivity index (χ4n) is 1.69. The summed E-state index contributed by atoms with van der Waals surface area (Å²) < 4.78 is 22.7. The maximum atomic E-state index is 11.3. The lowest BCUT2D eigenvalue weighted by Crippen LogP contribution is -1.97. The molecule has 94 valence electrons. The van der Waals surface area contributed by atoms with Crippen molar-refractivity contribution in [3.05, 3.63) is 48.2 Å². The summed E-state index contributed by atoms with van der Waals surface area (Å²) in [5.74, 6) is 0. The SMILES string of the molecule is CS(=O)(=O)c1ccc(-c2ncccc2CO)cc1. The van der Waals surface area contributed by atoms with Crippen LogP contribution in [0.2, 0.25) is 0 Å². The number of aliphatic hydroxyl groups is 1. The molecule has 2 aromatic rings. The molecule has 1 heterocycles. The van der Waals surface area contributed by atoms with Crippen molar-refractivity contribution in [1.29, 1.82) is 0 Å². The second-order valence-electron chi connectivity index (χ2n) is 3.97. The zero-order valence-corrected chi connectivity index (χ0v) is 10.7. The van der Waals surface area contributed by atoms with Crippen LogP contribution in [0.3, 0.4) is 0 Å². The van der Waals surface area contributed by atoms with Crippen LogP contribution in [0, 0.1) is 0 Å². The van der Waals surface area contributed by atoms with Crippen LogP contribution in [0.4, 0.5) is 0 Å². The molecule has 1 N–H and O–H groups in total. The molecule has 0 aliphatic rings. The number of aromatic nitrogens is 1. The molecule has 0 aliphatic heterocycles. The Morgan fingerprint density at radius 1 is 1.17 bits per heavy atom. The van der Waals surface area contributed by atoms with Gasteiger partial charge in [-0.1, -0.05) is 18.2 Å². The molecule has 4 nitrogen and oxygen atoms in total. The lowest BCUT2D eigenvalue weighted by molar-refractivity contribution is 0.282. The largest absolute Gasteiger partial charge is 0.392 e. The van der Waals surface area contributed by atoms with Gasteiger partial charge in [0.05, 0.1) is 17.2 Å². The van der Waals surface area contributed by atoms with Crippen molar-refractivity contribution in [1.82, 2.24) is 4.98 Å². The van der Waals surface area contributed by atoms with E-state index >= 15 is 0 Å². The summed E-state index contributed by atoms with van der Waals surface area (Å²) in [6, 6.07) is 10.0. The van der Waals surface area contributed by atoms with Gasteiger partial charge in [0.25, 0.3) is 0 Å². The minimum Gasteiger partial charge on any atom is -0.392 e. The van der Waals surface area contributed by atoms with Crippen LogP contribution in [0.25, 0.3) is 11.3 Å². The van der Waals surface area contributed by atoms with E-state index in [0.29, 0.717) is 11.3 Å². The molecule has 0 aliphatic carbocycles. The molecule has 18 heavy (non-hydrogen) atoms. The van der Waals surface area contributed by atoms with E-state index in [9.17, 15) is 13.5 Å². The number of sulfone groups is 1. The Bertz CT molecular complexity index is 648. The van der Waals surface area contributed by atoms with Crippen LogP contribution in [0.5, 0.6) is 0 Å². The van der Waals surface area contributed by atoms with Crippen LogP contribution >= 0.6 is 0 Å². The molecule has 0 atom stereocenters. The first-order valence-electron chi connectivity index (χ1n) is 5.37. The molecular weight excluding hydrogens is 250 g/mol. The van der Waals surface area contributed by atoms with E-state index in [1.54, 1.807) is 42.6 Å². The molecule has 5 heteroatoms. The van der Waals surface area contributed by atoms with Crippen molar-refractivity contribution in [2.45, 2.75) is 11.5 Å². The predicted molar refractivity (Wildman–Crippen MR) is 68.7 cm³/mol. The first-order chi connectivity index (χ1) is 8.52. The van der Waals surface area contributed by atoms with Crippen LogP contribution in [-0.4, -0.2) is 24.8 Å². The fourth-order valence-corrected chi connectivity index (χ4v) is 2.32. The summed E-state index contributed by atoms with van der Waals surface area (Å²) in [5.41, 5.74) is 2.16. The maximum absolute atomic E-state index is 11.3. The zero-order chi connectivity index (χ0) is 13.2. The highest BCUT2D eigenvalue weighted by Gasteiger charge is 2.09. The highest BCUT2D eigenvalue weighted by molar-refractivity contribution is 7.90. The van der Waals surface area contributed by atoms with Gasteiger partial charge in [0, 0.05) is 23.6 Å². The standard InChI is InChI=1S/C13H13NO3S/c1-18(16,17)12-6-4-10(5-7-12)13-11(9-15)3-2-8-14-13/h2-8,15H,9H2,1H3. The van der Waals surface area contributed by atoms with Crippen LogP contribution in [-0.2, 0) is 16.4 Å². The summed E-state index contributed by atoms with van der Waals surface area (Å²) in [6.07, 6.45) is 2.81. The highest BCUT2D eigenvalue weighted by Crippen LogP contribution is 2.22. The lowest BCUT2D eigenvalue weighted by Gasteiger charge is -2.06. The van der Waals surface area contributed by atoms with E-state index in [1.165, 1.54) is 6.26 Å². The maximum Gasteiger partial charge on any atom is 0.175 e. The van der Waals surface area contributed by atoms with Crippen molar-refractivity contribution in [3.8, 4) is 11.3 Å². The second kappa shape index (κ2) is 4.88. The van der Waals surface area contributed by atoms with Crippen molar-refractivity contribution >= 4 is 9.84 Å². The van der Waals surface area contributed by atoms with E-state index < -0.39 is 9.84 Å². The third kappa shape index (κ3) is 2.57. The number of pyridine rings is 1. The summed E-state index contributed by atoms with van der Waals surface area (Å²) >= 11 is 0. The quantitative estimate of drug-likeness (QED) is 0.914. The first kappa shape index (κ1) is 12.7. The first-order valence-corrected chi connectivity index (χ1v) is 7.27. The van der Waals surface area contributed by atoms with Gasteiger partial charge in [-0.3, -0.25) is 4.98 Å². The monoisotopic (exact) mass is 263 g/mol. The molecule has 0 fully saturated rings. The molecule has 2 rings (SSSR count). The Balaban J connectivity index is 2.47. The Morgan fingerprint density at radius 3 is 2.39 bits per heavy atom. The molecule has 0 amide bonds. The molecule has 0 bridgehead atoms. The molecule has 0 saturated carbocycles. The van der Waals surface area contributed by atoms with Gasteiger partial charge in [-0.25, -0.2) is 8.42 Å². The Morgan fingerprint density at radius 2 is 1.83 bits per heavy atom. The molecule has 1 aromatic heterocycles. The van der Waals surface area contributed by atoms with E-state index in [-0.39, 0.29) is 11.5 Å². The Hall–Kier alpha value is -1.72. The van der Waals surface area contributed by atoms with E-state index in [2.05, 4.69) is 4.98 Å². The highest BCUT2D eigenvalue weighted by atomic mass is 32.2. The van der Waals surface area contributed by atoms with Gasteiger partial charge in [-0.15, -0.1) is 0 Å². The van der Waals surface area contributed by atoms with Crippen LogP contribution in [0.1, 0.15) is 5.56 Å². The number of hydrogen-bond donors (Lipinski definition) is 1. The topological polar surface area (TPSA) is 67.3 Å². The van der Waals surface area contributed by atoms with Gasteiger partial charge >= 0.3 is 0 Å². The van der Waals surface area contributed by atoms with Gasteiger partial charge in [-0.2, -0.15) is 0 Å². The molecule has 0 unspecified atom stereocenters. The number of nitrogens with zero attached hydrogens (tertiary/aromatic N) is 1. The Kier molecular flexibility index (Phi) is 3.45. The van der Waals surface area contributed by atoms with Gasteiger partial charge in [0.15, 0.2) is 9.84 Å². The normalized spacial score (nSPS) is 11.4. The van der Waals surface area contributed by atoms with Gasteiger partial charge in [-0.05, 0) is 18.2 Å². The molecule has 1 aromatic carbocycles. The van der Waals surface area contributed by atoms with Crippen molar-refractivity contribution in [3.63, 3.8) is 0 Å². The Labute approximate surface area is 106 Å². The number of benzene rings is 1. The van der Waals surface area contributed by atoms with E-state index in [1.807, 2.05) is 0 Å². The van der Waals surface area contributed by atoms with Crippen LogP contribution in [0.15, 0.2) is 47.5 Å². The smallest absolute Gasteiger partial charge is 0.175 e. The number of hydrogen-bond acceptors (Lipinski definition) is 4. The molecule has 0 radical (unpaired) electrons. The third-order valence-electron chi connectivity index (χ3n) is 2.62. The average molecular weight is 263 g/mol. The summed E-state index contributed by atoms with van der Waals surface area (Å²) in [4.78, 5) is 4.47. The second-order valence-corrected chi connectivity index (χ2v) is 5.98. The summed E-state index contributed by atoms with van der Waals surface area (Å²) in [7, 11) is -3.19. The van der Waals surface area contributed by atoms with Crippen molar-refractivity contribution < 1.29 is 13.5 Å². The molecule has 0 saturated heterocycles. The van der Waals surface area contributed by atoms with E-state index in [0.717, 1.165) is 5.56 Å². The average Bonchev–Trinajstić information content (AvgIpc) is 2.38. The predicted octanol–water partition coefficient (Wildman–Crippen LogP) is 1.64. The number of rotatable bonds is 3. The zero-order valence-electron chi connectivity index (χ0n) is 9.87. The van der Waals surface area contributed by atoms with E-state index in [4.69, 9.17) is 0 Å². The minimum absolute atomic E-state index is 0.100. The fraction of sp³-hybridized carbons (Fsp3) is 0.154. The van der Waals surface area contributed by atoms with Crippen molar-refractivity contribution in [2.24, 2.45) is 0 Å². The minimum atomic E-state index is -3.19. The van der Waals surface area contributed by atoms with Gasteiger partial charge in [0.2, 0.25) is 0 Å². The molecular formula is C13H13NO3S. The van der Waals surface area contributed by atoms with Crippen LogP contribution < -0.4 is 0 Å². The third-order valence-corrected chi connectivity index (χ3v) is 3.75. The summed E-state index contributed by atoms with van der Waals surface area (Å²) in [5, 5.41) is 9.23. The van der Waals surface area contributed by atoms with Gasteiger partial charge in [0.1, 0.15) is 0 Å². The van der Waals surface area contributed by atoms with Gasteiger partial charge < -0.3 is 5.11 Å². The van der Waals surface area contributed by atoms with Crippen molar-refractivity contribution in [2.75, 3.05) is 6.26 Å². The lowest BCUT2D eigenvalue weighted by atomic mass is 10.1.